The molecule has 1 fully saturated rings. The molecule has 112 valence electrons. The van der Waals surface area contributed by atoms with Crippen LogP contribution < -0.4 is 10.6 Å². The molecule has 1 aliphatic rings. The molecule has 20 heavy (non-hydrogen) atoms. The van der Waals surface area contributed by atoms with Crippen LogP contribution in [0.1, 0.15) is 59.1 Å². The van der Waals surface area contributed by atoms with E-state index >= 15 is 0 Å². The minimum absolute atomic E-state index is 0.0200. The average Bonchev–Trinajstić information content (AvgIpc) is 2.98. The zero-order valence-corrected chi connectivity index (χ0v) is 13.7. The zero-order valence-electron chi connectivity index (χ0n) is 12.9. The van der Waals surface area contributed by atoms with Crippen molar-refractivity contribution in [2.24, 2.45) is 0 Å². The van der Waals surface area contributed by atoms with Gasteiger partial charge in [0.2, 0.25) is 5.91 Å². The van der Waals surface area contributed by atoms with Crippen molar-refractivity contribution in [1.82, 2.24) is 10.3 Å². The number of hydrogen-bond acceptors (Lipinski definition) is 4. The van der Waals surface area contributed by atoms with Crippen LogP contribution in [0.25, 0.3) is 0 Å². The molecule has 1 aromatic rings. The summed E-state index contributed by atoms with van der Waals surface area (Å²) in [6.07, 6.45) is 3.88. The molecular weight excluding hydrogens is 270 g/mol. The van der Waals surface area contributed by atoms with Gasteiger partial charge >= 0.3 is 0 Å². The van der Waals surface area contributed by atoms with Crippen molar-refractivity contribution in [3.8, 4) is 0 Å². The lowest BCUT2D eigenvalue weighted by atomic mass is 9.91. The number of rotatable bonds is 4. The Labute approximate surface area is 125 Å². The summed E-state index contributed by atoms with van der Waals surface area (Å²) in [6.45, 7) is 9.44. The third kappa shape index (κ3) is 3.20. The first kappa shape index (κ1) is 15.4. The van der Waals surface area contributed by atoms with Gasteiger partial charge in [-0.1, -0.05) is 34.1 Å². The monoisotopic (exact) mass is 295 g/mol. The van der Waals surface area contributed by atoms with Crippen LogP contribution >= 0.6 is 11.3 Å². The number of anilines is 1. The van der Waals surface area contributed by atoms with Gasteiger partial charge in [0.25, 0.3) is 0 Å². The number of aromatic nitrogens is 1. The molecule has 1 aromatic heterocycles. The van der Waals surface area contributed by atoms with Gasteiger partial charge in [-0.25, -0.2) is 4.98 Å². The number of thiazole rings is 1. The normalized spacial score (nSPS) is 23.0. The maximum Gasteiger partial charge on any atom is 0.246 e. The third-order valence-corrected chi connectivity index (χ3v) is 4.61. The highest BCUT2D eigenvalue weighted by Gasteiger charge is 2.40. The van der Waals surface area contributed by atoms with Crippen LogP contribution in [0.3, 0.4) is 0 Å². The second-order valence-electron chi connectivity index (χ2n) is 6.60. The molecule has 0 saturated carbocycles. The van der Waals surface area contributed by atoms with E-state index in [2.05, 4.69) is 43.3 Å². The number of nitrogens with zero attached hydrogens (tertiary/aromatic N) is 1. The van der Waals surface area contributed by atoms with Crippen molar-refractivity contribution in [3.63, 3.8) is 0 Å². The fourth-order valence-corrected chi connectivity index (χ4v) is 3.58. The van der Waals surface area contributed by atoms with Gasteiger partial charge in [-0.15, -0.1) is 11.3 Å². The predicted octanol–water partition coefficient (Wildman–Crippen LogP) is 3.30. The van der Waals surface area contributed by atoms with Crippen molar-refractivity contribution in [2.75, 3.05) is 11.9 Å². The van der Waals surface area contributed by atoms with Gasteiger partial charge in [0.05, 0.1) is 11.2 Å². The highest BCUT2D eigenvalue weighted by molar-refractivity contribution is 7.14. The van der Waals surface area contributed by atoms with Gasteiger partial charge < -0.3 is 10.6 Å². The van der Waals surface area contributed by atoms with Gasteiger partial charge in [0, 0.05) is 10.8 Å². The predicted molar refractivity (Wildman–Crippen MR) is 84.3 cm³/mol. The highest BCUT2D eigenvalue weighted by Crippen LogP contribution is 2.29. The van der Waals surface area contributed by atoms with E-state index < -0.39 is 0 Å². The molecule has 0 radical (unpaired) electrons. The lowest BCUT2D eigenvalue weighted by Crippen LogP contribution is -2.50. The Balaban J connectivity index is 2.09. The Morgan fingerprint density at radius 3 is 2.80 bits per heavy atom. The third-order valence-electron chi connectivity index (χ3n) is 3.85. The number of nitrogens with one attached hydrogen (secondary N) is 2. The first-order valence-corrected chi connectivity index (χ1v) is 8.28. The molecule has 0 spiro atoms. The SMILES string of the molecule is CCCC1(C(=O)Nc2nc(C(C)(C)C)cs2)CCCN1. The molecule has 5 heteroatoms. The molecule has 4 nitrogen and oxygen atoms in total. The van der Waals surface area contributed by atoms with Crippen LogP contribution in [-0.4, -0.2) is 23.0 Å². The molecule has 1 aliphatic heterocycles. The smallest absolute Gasteiger partial charge is 0.246 e. The fourth-order valence-electron chi connectivity index (χ4n) is 2.65. The summed E-state index contributed by atoms with van der Waals surface area (Å²) in [5, 5.41) is 9.14. The van der Waals surface area contributed by atoms with Crippen molar-refractivity contribution in [1.29, 1.82) is 0 Å². The molecule has 2 N–H and O–H groups in total. The molecule has 1 atom stereocenters. The summed E-state index contributed by atoms with van der Waals surface area (Å²) >= 11 is 1.51. The maximum atomic E-state index is 12.6. The average molecular weight is 295 g/mol. The van der Waals surface area contributed by atoms with E-state index in [4.69, 9.17) is 0 Å². The van der Waals surface area contributed by atoms with E-state index in [0.717, 1.165) is 37.9 Å². The van der Waals surface area contributed by atoms with Crippen LogP contribution in [-0.2, 0) is 10.2 Å². The molecule has 0 aromatic carbocycles. The van der Waals surface area contributed by atoms with Crippen LogP contribution in [0.15, 0.2) is 5.38 Å². The van der Waals surface area contributed by atoms with Gasteiger partial charge in [-0.2, -0.15) is 0 Å². The largest absolute Gasteiger partial charge is 0.303 e. The quantitative estimate of drug-likeness (QED) is 0.896. The molecule has 2 rings (SSSR count). The lowest BCUT2D eigenvalue weighted by molar-refractivity contribution is -0.122. The summed E-state index contributed by atoms with van der Waals surface area (Å²) in [4.78, 5) is 17.1. The minimum Gasteiger partial charge on any atom is -0.303 e. The summed E-state index contributed by atoms with van der Waals surface area (Å²) in [5.41, 5.74) is 0.663. The van der Waals surface area contributed by atoms with Crippen molar-refractivity contribution in [2.45, 2.75) is 64.3 Å². The van der Waals surface area contributed by atoms with E-state index in [1.165, 1.54) is 11.3 Å². The topological polar surface area (TPSA) is 54.0 Å². The zero-order chi connectivity index (χ0) is 14.8. The fraction of sp³-hybridized carbons (Fsp3) is 0.733. The first-order valence-electron chi connectivity index (χ1n) is 7.40. The number of carbonyl (C=O) groups excluding carboxylic acids is 1. The van der Waals surface area contributed by atoms with E-state index in [0.29, 0.717) is 5.13 Å². The first-order chi connectivity index (χ1) is 9.37. The van der Waals surface area contributed by atoms with E-state index in [1.54, 1.807) is 0 Å². The molecule has 2 heterocycles. The second kappa shape index (κ2) is 5.82. The summed E-state index contributed by atoms with van der Waals surface area (Å²) in [7, 11) is 0. The van der Waals surface area contributed by atoms with Gasteiger partial charge in [-0.05, 0) is 25.8 Å². The number of carbonyl (C=O) groups is 1. The van der Waals surface area contributed by atoms with Crippen molar-refractivity contribution in [3.05, 3.63) is 11.1 Å². The lowest BCUT2D eigenvalue weighted by Gasteiger charge is -2.27. The maximum absolute atomic E-state index is 12.6. The molecule has 1 unspecified atom stereocenters. The highest BCUT2D eigenvalue weighted by atomic mass is 32.1. The van der Waals surface area contributed by atoms with Crippen LogP contribution in [0.4, 0.5) is 5.13 Å². The molecule has 0 bridgehead atoms. The Kier molecular flexibility index (Phi) is 4.49. The number of hydrogen-bond donors (Lipinski definition) is 2. The number of amides is 1. The Morgan fingerprint density at radius 2 is 2.30 bits per heavy atom. The molecular formula is C15H25N3OS. The molecule has 0 aliphatic carbocycles. The summed E-state index contributed by atoms with van der Waals surface area (Å²) in [6, 6.07) is 0. The van der Waals surface area contributed by atoms with Crippen LogP contribution in [0.2, 0.25) is 0 Å². The summed E-state index contributed by atoms with van der Waals surface area (Å²) < 4.78 is 0. The van der Waals surface area contributed by atoms with Crippen molar-refractivity contribution < 1.29 is 4.79 Å². The standard InChI is InChI=1S/C15H25N3OS/c1-5-7-15(8-6-9-16-15)12(19)18-13-17-11(10-20-13)14(2,3)4/h10,16H,5-9H2,1-4H3,(H,17,18,19). The van der Waals surface area contributed by atoms with E-state index in [-0.39, 0.29) is 16.9 Å². The molecule has 1 saturated heterocycles. The molecule has 1 amide bonds. The summed E-state index contributed by atoms with van der Waals surface area (Å²) in [5.74, 6) is 0.0756. The van der Waals surface area contributed by atoms with Gasteiger partial charge in [0.1, 0.15) is 0 Å². The van der Waals surface area contributed by atoms with Gasteiger partial charge in [0.15, 0.2) is 5.13 Å². The van der Waals surface area contributed by atoms with E-state index in [9.17, 15) is 4.79 Å². The Hall–Kier alpha value is -0.940. The van der Waals surface area contributed by atoms with Crippen LogP contribution in [0, 0.1) is 0 Å². The second-order valence-corrected chi connectivity index (χ2v) is 7.46. The van der Waals surface area contributed by atoms with Crippen molar-refractivity contribution >= 4 is 22.4 Å². The van der Waals surface area contributed by atoms with Crippen LogP contribution in [0.5, 0.6) is 0 Å². The minimum atomic E-state index is -0.387. The van der Waals surface area contributed by atoms with Gasteiger partial charge in [-0.3, -0.25) is 4.79 Å². The Bertz CT molecular complexity index is 470. The Morgan fingerprint density at radius 1 is 1.55 bits per heavy atom. The van der Waals surface area contributed by atoms with E-state index in [1.807, 2.05) is 5.38 Å².